The van der Waals surface area contributed by atoms with Crippen LogP contribution in [0.2, 0.25) is 10.1 Å². The van der Waals surface area contributed by atoms with Crippen molar-refractivity contribution >= 4 is 35.3 Å². The molecule has 0 spiro atoms. The number of unbranched alkanes of at least 4 members (excludes halogenated alkanes) is 1. The summed E-state index contributed by atoms with van der Waals surface area (Å²) < 4.78 is 12.5. The summed E-state index contributed by atoms with van der Waals surface area (Å²) in [5, 5.41) is 9.33. The molecule has 0 bridgehead atoms. The van der Waals surface area contributed by atoms with Gasteiger partial charge in [0.2, 0.25) is 0 Å². The predicted molar refractivity (Wildman–Crippen MR) is 61.6 cm³/mol. The average Bonchev–Trinajstić information content (AvgIpc) is 2.24. The Labute approximate surface area is 108 Å². The Hall–Kier alpha value is -0.563. The van der Waals surface area contributed by atoms with Crippen molar-refractivity contribution in [3.8, 4) is 0 Å². The zero-order valence-corrected chi connectivity index (χ0v) is 10.1. The van der Waals surface area contributed by atoms with Crippen LogP contribution >= 0.6 is 11.6 Å². The molecule has 1 heterocycles. The Morgan fingerprint density at radius 2 is 2.25 bits per heavy atom. The summed E-state index contributed by atoms with van der Waals surface area (Å²) in [6.07, 6.45) is 4.58. The SMILES string of the molecule is O=C(O)c1cncc(F)c1Cl.[Li][CH2]CCC. The van der Waals surface area contributed by atoms with Crippen molar-refractivity contribution < 1.29 is 14.3 Å². The molecule has 0 amide bonds. The topological polar surface area (TPSA) is 50.2 Å². The standard InChI is InChI=1S/C6H3ClFNO2.C4H9.Li/c7-5-3(6(10)11)1-9-2-4(5)8;1-3-4-2;/h1-2H,(H,10,11);1,3-4H2,2H3;. The van der Waals surface area contributed by atoms with Crippen LogP contribution in [0.3, 0.4) is 0 Å². The molecule has 1 rings (SSSR count). The molecule has 0 atom stereocenters. The first-order chi connectivity index (χ1) is 7.54. The van der Waals surface area contributed by atoms with Gasteiger partial charge in [-0.2, -0.15) is 0 Å². The molecular formula is C10H12ClFLiNO2. The molecule has 16 heavy (non-hydrogen) atoms. The van der Waals surface area contributed by atoms with Gasteiger partial charge >= 0.3 is 48.5 Å². The van der Waals surface area contributed by atoms with Gasteiger partial charge in [0.15, 0.2) is 5.82 Å². The van der Waals surface area contributed by atoms with Gasteiger partial charge in [-0.25, -0.2) is 9.18 Å². The summed E-state index contributed by atoms with van der Waals surface area (Å²) in [7, 11) is 0. The number of hydrogen-bond donors (Lipinski definition) is 1. The molecular weight excluding hydrogens is 228 g/mol. The number of nitrogens with zero attached hydrogens (tertiary/aromatic N) is 1. The van der Waals surface area contributed by atoms with Crippen molar-refractivity contribution in [3.05, 3.63) is 28.8 Å². The van der Waals surface area contributed by atoms with Crippen LogP contribution in [0.25, 0.3) is 0 Å². The molecule has 0 aromatic carbocycles. The first kappa shape index (κ1) is 15.4. The summed E-state index contributed by atoms with van der Waals surface area (Å²) in [4.78, 5) is 13.6. The second kappa shape index (κ2) is 8.57. The second-order valence-corrected chi connectivity index (χ2v) is 3.52. The average molecular weight is 240 g/mol. The third kappa shape index (κ3) is 5.50. The van der Waals surface area contributed by atoms with Crippen LogP contribution in [0.4, 0.5) is 4.39 Å². The van der Waals surface area contributed by atoms with Crippen LogP contribution in [-0.2, 0) is 0 Å². The summed E-state index contributed by atoms with van der Waals surface area (Å²) in [6, 6.07) is 0. The van der Waals surface area contributed by atoms with Gasteiger partial charge < -0.3 is 5.11 Å². The molecule has 3 nitrogen and oxygen atoms in total. The number of carboxylic acids is 1. The number of rotatable bonds is 3. The van der Waals surface area contributed by atoms with Gasteiger partial charge in [-0.15, -0.1) is 0 Å². The van der Waals surface area contributed by atoms with E-state index in [1.165, 1.54) is 17.9 Å². The molecule has 0 unspecified atom stereocenters. The third-order valence-corrected chi connectivity index (χ3v) is 2.16. The van der Waals surface area contributed by atoms with Crippen LogP contribution < -0.4 is 0 Å². The minimum absolute atomic E-state index is 0.327. The van der Waals surface area contributed by atoms with Gasteiger partial charge in [0.05, 0.1) is 16.8 Å². The van der Waals surface area contributed by atoms with Gasteiger partial charge in [0.25, 0.3) is 0 Å². The Morgan fingerprint density at radius 1 is 1.62 bits per heavy atom. The number of halogens is 2. The quantitative estimate of drug-likeness (QED) is 0.825. The fraction of sp³-hybridized carbons (Fsp3) is 0.400. The molecule has 0 fully saturated rings. The van der Waals surface area contributed by atoms with E-state index in [4.69, 9.17) is 16.7 Å². The summed E-state index contributed by atoms with van der Waals surface area (Å²) in [6.45, 7) is 2.21. The Bertz CT molecular complexity index is 348. The number of carbonyl (C=O) groups is 1. The van der Waals surface area contributed by atoms with E-state index in [2.05, 4.69) is 29.6 Å². The maximum absolute atomic E-state index is 12.5. The van der Waals surface area contributed by atoms with Crippen LogP contribution in [0.1, 0.15) is 30.1 Å². The van der Waals surface area contributed by atoms with E-state index < -0.39 is 16.8 Å². The monoisotopic (exact) mass is 239 g/mol. The van der Waals surface area contributed by atoms with Crippen LogP contribution in [-0.4, -0.2) is 33.8 Å². The first-order valence-electron chi connectivity index (χ1n) is 5.06. The van der Waals surface area contributed by atoms with E-state index in [1.807, 2.05) is 0 Å². The van der Waals surface area contributed by atoms with E-state index in [0.717, 1.165) is 12.4 Å². The van der Waals surface area contributed by atoms with Crippen molar-refractivity contribution in [2.24, 2.45) is 0 Å². The molecule has 0 radical (unpaired) electrons. The van der Waals surface area contributed by atoms with E-state index in [1.54, 1.807) is 0 Å². The van der Waals surface area contributed by atoms with Gasteiger partial charge in [-0.1, -0.05) is 11.6 Å². The Balaban J connectivity index is 0.000000385. The molecule has 84 valence electrons. The first-order valence-corrected chi connectivity index (χ1v) is 5.44. The molecule has 1 N–H and O–H groups in total. The molecule has 0 saturated heterocycles. The van der Waals surface area contributed by atoms with Crippen LogP contribution in [0.5, 0.6) is 0 Å². The van der Waals surface area contributed by atoms with Crippen molar-refractivity contribution in [3.63, 3.8) is 0 Å². The van der Waals surface area contributed by atoms with Gasteiger partial charge in [-0.05, 0) is 0 Å². The molecule has 0 aliphatic heterocycles. The summed E-state index contributed by atoms with van der Waals surface area (Å²) in [5.74, 6) is -2.12. The maximum atomic E-state index is 12.5. The molecule has 0 aliphatic rings. The number of carboxylic acid groups (broad SMARTS) is 1. The zero-order chi connectivity index (χ0) is 12.6. The molecule has 0 aliphatic carbocycles. The molecule has 0 saturated carbocycles. The van der Waals surface area contributed by atoms with Crippen LogP contribution in [0.15, 0.2) is 12.4 Å². The fourth-order valence-electron chi connectivity index (χ4n) is 0.922. The fourth-order valence-corrected chi connectivity index (χ4v) is 1.10. The normalized spacial score (nSPS) is 9.31. The summed E-state index contributed by atoms with van der Waals surface area (Å²) in [5.41, 5.74) is -0.327. The van der Waals surface area contributed by atoms with E-state index in [0.29, 0.717) is 0 Å². The van der Waals surface area contributed by atoms with Crippen molar-refractivity contribution in [1.29, 1.82) is 0 Å². The molecule has 1 aromatic rings. The Morgan fingerprint density at radius 3 is 2.56 bits per heavy atom. The van der Waals surface area contributed by atoms with E-state index in [-0.39, 0.29) is 5.56 Å². The number of aromatic carboxylic acids is 1. The van der Waals surface area contributed by atoms with Crippen molar-refractivity contribution in [2.45, 2.75) is 24.9 Å². The third-order valence-electron chi connectivity index (χ3n) is 1.78. The van der Waals surface area contributed by atoms with Crippen molar-refractivity contribution in [1.82, 2.24) is 4.98 Å². The van der Waals surface area contributed by atoms with E-state index in [9.17, 15) is 9.18 Å². The number of hydrogen-bond acceptors (Lipinski definition) is 2. The Kier molecular flexibility index (Phi) is 8.27. The molecule has 6 heteroatoms. The van der Waals surface area contributed by atoms with Crippen LogP contribution in [0, 0.1) is 5.82 Å². The van der Waals surface area contributed by atoms with E-state index >= 15 is 0 Å². The van der Waals surface area contributed by atoms with Gasteiger partial charge in [0.1, 0.15) is 0 Å². The summed E-state index contributed by atoms with van der Waals surface area (Å²) >= 11 is 7.50. The second-order valence-electron chi connectivity index (χ2n) is 3.14. The zero-order valence-electron chi connectivity index (χ0n) is 9.33. The minimum atomic E-state index is -1.29. The number of pyridine rings is 1. The van der Waals surface area contributed by atoms with Gasteiger partial charge in [-0.3, -0.25) is 4.98 Å². The number of aromatic nitrogens is 1. The molecule has 1 aromatic heterocycles. The predicted octanol–water partition coefficient (Wildman–Crippen LogP) is 2.95. The van der Waals surface area contributed by atoms with Crippen molar-refractivity contribution in [2.75, 3.05) is 0 Å². The van der Waals surface area contributed by atoms with Gasteiger partial charge in [0, 0.05) is 6.20 Å².